The van der Waals surface area contributed by atoms with Crippen LogP contribution in [-0.4, -0.2) is 35.1 Å². The third kappa shape index (κ3) is 4.57. The van der Waals surface area contributed by atoms with E-state index in [2.05, 4.69) is 10.3 Å². The number of carboxylic acids is 1. The molecule has 1 rings (SSSR count). The van der Waals surface area contributed by atoms with Crippen molar-refractivity contribution in [3.8, 4) is 5.88 Å². The number of amides is 1. The number of carbonyl (C=O) groups is 2. The minimum absolute atomic E-state index is 0.309. The SMILES string of the molecule is CCCCC(NC(=O)c1ccc(OC)nc1)C(=O)O. The molecule has 0 radical (unpaired) electrons. The fourth-order valence-electron chi connectivity index (χ4n) is 1.54. The van der Waals surface area contributed by atoms with Gasteiger partial charge in [0, 0.05) is 12.3 Å². The summed E-state index contributed by atoms with van der Waals surface area (Å²) in [4.78, 5) is 26.8. The molecule has 1 heterocycles. The molecule has 1 aromatic rings. The first-order valence-corrected chi connectivity index (χ1v) is 6.12. The van der Waals surface area contributed by atoms with E-state index in [1.54, 1.807) is 12.1 Å². The van der Waals surface area contributed by atoms with Gasteiger partial charge >= 0.3 is 5.97 Å². The molecule has 6 nitrogen and oxygen atoms in total. The maximum atomic E-state index is 11.9. The Hall–Kier alpha value is -2.11. The van der Waals surface area contributed by atoms with Gasteiger partial charge in [-0.15, -0.1) is 0 Å². The molecular formula is C13H18N2O4. The van der Waals surface area contributed by atoms with Crippen molar-refractivity contribution in [2.45, 2.75) is 32.2 Å². The van der Waals surface area contributed by atoms with E-state index in [0.717, 1.165) is 12.8 Å². The van der Waals surface area contributed by atoms with Crippen molar-refractivity contribution in [3.05, 3.63) is 23.9 Å². The van der Waals surface area contributed by atoms with Gasteiger partial charge in [-0.3, -0.25) is 4.79 Å². The number of methoxy groups -OCH3 is 1. The lowest BCUT2D eigenvalue weighted by atomic mass is 10.1. The molecule has 0 fully saturated rings. The molecule has 0 saturated carbocycles. The van der Waals surface area contributed by atoms with Gasteiger partial charge in [-0.25, -0.2) is 9.78 Å². The zero-order valence-corrected chi connectivity index (χ0v) is 11.0. The Labute approximate surface area is 111 Å². The van der Waals surface area contributed by atoms with Crippen LogP contribution in [0.5, 0.6) is 5.88 Å². The van der Waals surface area contributed by atoms with Gasteiger partial charge in [0.15, 0.2) is 0 Å². The van der Waals surface area contributed by atoms with Gasteiger partial charge in [0.1, 0.15) is 6.04 Å². The highest BCUT2D eigenvalue weighted by molar-refractivity contribution is 5.96. The van der Waals surface area contributed by atoms with Gasteiger partial charge in [0.2, 0.25) is 5.88 Å². The van der Waals surface area contributed by atoms with Gasteiger partial charge in [-0.2, -0.15) is 0 Å². The normalized spacial score (nSPS) is 11.7. The Bertz CT molecular complexity index is 431. The van der Waals surface area contributed by atoms with E-state index in [1.807, 2.05) is 6.92 Å². The molecule has 0 aromatic carbocycles. The smallest absolute Gasteiger partial charge is 0.326 e. The van der Waals surface area contributed by atoms with E-state index in [-0.39, 0.29) is 0 Å². The van der Waals surface area contributed by atoms with Crippen molar-refractivity contribution < 1.29 is 19.4 Å². The molecule has 0 aliphatic rings. The Kier molecular flexibility index (Phi) is 5.78. The lowest BCUT2D eigenvalue weighted by Gasteiger charge is -2.13. The molecule has 6 heteroatoms. The molecule has 1 amide bonds. The largest absolute Gasteiger partial charge is 0.481 e. The zero-order valence-electron chi connectivity index (χ0n) is 11.0. The second-order valence-electron chi connectivity index (χ2n) is 4.10. The van der Waals surface area contributed by atoms with Crippen LogP contribution in [0.15, 0.2) is 18.3 Å². The first-order chi connectivity index (χ1) is 9.08. The van der Waals surface area contributed by atoms with Crippen LogP contribution in [0.2, 0.25) is 0 Å². The molecule has 104 valence electrons. The molecule has 0 saturated heterocycles. The molecule has 2 N–H and O–H groups in total. The highest BCUT2D eigenvalue weighted by Crippen LogP contribution is 2.08. The lowest BCUT2D eigenvalue weighted by Crippen LogP contribution is -2.40. The van der Waals surface area contributed by atoms with Crippen molar-refractivity contribution in [2.75, 3.05) is 7.11 Å². The van der Waals surface area contributed by atoms with Crippen molar-refractivity contribution in [1.29, 1.82) is 0 Å². The molecular weight excluding hydrogens is 248 g/mol. The number of carboxylic acid groups (broad SMARTS) is 1. The highest BCUT2D eigenvalue weighted by Gasteiger charge is 2.20. The van der Waals surface area contributed by atoms with Crippen molar-refractivity contribution in [3.63, 3.8) is 0 Å². The topological polar surface area (TPSA) is 88.5 Å². The number of hydrogen-bond donors (Lipinski definition) is 2. The average Bonchev–Trinajstić information content (AvgIpc) is 2.43. The predicted octanol–water partition coefficient (Wildman–Crippen LogP) is 1.46. The number of rotatable bonds is 7. The average molecular weight is 266 g/mol. The standard InChI is InChI=1S/C13H18N2O4/c1-3-4-5-10(13(17)18)15-12(16)9-6-7-11(19-2)14-8-9/h6-8,10H,3-5H2,1-2H3,(H,15,16)(H,17,18). The number of carbonyl (C=O) groups excluding carboxylic acids is 1. The predicted molar refractivity (Wildman–Crippen MR) is 69.2 cm³/mol. The summed E-state index contributed by atoms with van der Waals surface area (Å²) in [7, 11) is 1.48. The number of ether oxygens (including phenoxy) is 1. The molecule has 1 atom stereocenters. The van der Waals surface area contributed by atoms with Crippen LogP contribution in [0.25, 0.3) is 0 Å². The summed E-state index contributed by atoms with van der Waals surface area (Å²) in [5.41, 5.74) is 0.309. The quantitative estimate of drug-likeness (QED) is 0.780. The number of unbranched alkanes of at least 4 members (excludes halogenated alkanes) is 1. The molecule has 1 aromatic heterocycles. The van der Waals surface area contributed by atoms with E-state index in [1.165, 1.54) is 13.3 Å². The van der Waals surface area contributed by atoms with Gasteiger partial charge in [-0.1, -0.05) is 19.8 Å². The lowest BCUT2D eigenvalue weighted by molar-refractivity contribution is -0.139. The van der Waals surface area contributed by atoms with Crippen LogP contribution < -0.4 is 10.1 Å². The second kappa shape index (κ2) is 7.35. The first-order valence-electron chi connectivity index (χ1n) is 6.12. The summed E-state index contributed by atoms with van der Waals surface area (Å²) in [6.45, 7) is 1.97. The summed E-state index contributed by atoms with van der Waals surface area (Å²) in [5.74, 6) is -1.07. The summed E-state index contributed by atoms with van der Waals surface area (Å²) >= 11 is 0. The molecule has 1 unspecified atom stereocenters. The summed E-state index contributed by atoms with van der Waals surface area (Å²) in [5, 5.41) is 11.5. The number of nitrogens with one attached hydrogen (secondary N) is 1. The van der Waals surface area contributed by atoms with Gasteiger partial charge in [0.25, 0.3) is 5.91 Å². The Morgan fingerprint density at radius 1 is 1.47 bits per heavy atom. The van der Waals surface area contributed by atoms with Crippen LogP contribution in [0.4, 0.5) is 0 Å². The Morgan fingerprint density at radius 2 is 2.21 bits per heavy atom. The minimum atomic E-state index is -1.02. The maximum absolute atomic E-state index is 11.9. The number of nitrogens with zero attached hydrogens (tertiary/aromatic N) is 1. The minimum Gasteiger partial charge on any atom is -0.481 e. The maximum Gasteiger partial charge on any atom is 0.326 e. The van der Waals surface area contributed by atoms with Crippen molar-refractivity contribution in [1.82, 2.24) is 10.3 Å². The molecule has 0 aliphatic carbocycles. The van der Waals surface area contributed by atoms with Crippen LogP contribution in [0.1, 0.15) is 36.5 Å². The zero-order chi connectivity index (χ0) is 14.3. The third-order valence-electron chi connectivity index (χ3n) is 2.66. The first kappa shape index (κ1) is 14.9. The summed E-state index contributed by atoms with van der Waals surface area (Å²) in [6.07, 6.45) is 3.40. The van der Waals surface area contributed by atoms with Crippen molar-refractivity contribution >= 4 is 11.9 Å². The number of aromatic nitrogens is 1. The fourth-order valence-corrected chi connectivity index (χ4v) is 1.54. The van der Waals surface area contributed by atoms with E-state index in [9.17, 15) is 9.59 Å². The van der Waals surface area contributed by atoms with Crippen molar-refractivity contribution in [2.24, 2.45) is 0 Å². The molecule has 0 aliphatic heterocycles. The highest BCUT2D eigenvalue weighted by atomic mass is 16.5. The van der Waals surface area contributed by atoms with E-state index in [0.29, 0.717) is 17.9 Å². The van der Waals surface area contributed by atoms with E-state index < -0.39 is 17.9 Å². The van der Waals surface area contributed by atoms with Crippen LogP contribution in [0, 0.1) is 0 Å². The van der Waals surface area contributed by atoms with Crippen LogP contribution in [0.3, 0.4) is 0 Å². The van der Waals surface area contributed by atoms with Crippen LogP contribution >= 0.6 is 0 Å². The third-order valence-corrected chi connectivity index (χ3v) is 2.66. The second-order valence-corrected chi connectivity index (χ2v) is 4.10. The molecule has 0 spiro atoms. The Morgan fingerprint density at radius 3 is 2.68 bits per heavy atom. The van der Waals surface area contributed by atoms with Crippen LogP contribution in [-0.2, 0) is 4.79 Å². The number of hydrogen-bond acceptors (Lipinski definition) is 4. The van der Waals surface area contributed by atoms with Gasteiger partial charge in [0.05, 0.1) is 12.7 Å². The Balaban J connectivity index is 2.67. The summed E-state index contributed by atoms with van der Waals surface area (Å²) in [6, 6.07) is 2.23. The summed E-state index contributed by atoms with van der Waals surface area (Å²) < 4.78 is 4.88. The number of pyridine rings is 1. The van der Waals surface area contributed by atoms with E-state index in [4.69, 9.17) is 9.84 Å². The van der Waals surface area contributed by atoms with E-state index >= 15 is 0 Å². The van der Waals surface area contributed by atoms with Gasteiger partial charge in [-0.05, 0) is 12.5 Å². The van der Waals surface area contributed by atoms with Gasteiger partial charge < -0.3 is 15.2 Å². The molecule has 0 bridgehead atoms. The fraction of sp³-hybridized carbons (Fsp3) is 0.462. The monoisotopic (exact) mass is 266 g/mol. The molecule has 19 heavy (non-hydrogen) atoms. The number of aliphatic carboxylic acids is 1.